The summed E-state index contributed by atoms with van der Waals surface area (Å²) in [6.07, 6.45) is 3.00. The van der Waals surface area contributed by atoms with Crippen molar-refractivity contribution in [1.29, 1.82) is 0 Å². The molecule has 0 bridgehead atoms. The quantitative estimate of drug-likeness (QED) is 0.712. The van der Waals surface area contributed by atoms with Crippen molar-refractivity contribution in [3.05, 3.63) is 0 Å². The molecule has 0 aromatic carbocycles. The molecule has 4 nitrogen and oxygen atoms in total. The second-order valence-electron chi connectivity index (χ2n) is 6.29. The molecule has 4 heteroatoms. The largest absolute Gasteiger partial charge is 0.444 e. The van der Waals surface area contributed by atoms with Crippen LogP contribution in [0.4, 0.5) is 4.79 Å². The monoisotopic (exact) mass is 272 g/mol. The molecular formula is C15H32N2O2. The molecule has 0 aliphatic heterocycles. The highest BCUT2D eigenvalue weighted by molar-refractivity contribution is 5.67. The van der Waals surface area contributed by atoms with Crippen LogP contribution in [0.5, 0.6) is 0 Å². The fourth-order valence-corrected chi connectivity index (χ4v) is 1.66. The van der Waals surface area contributed by atoms with Crippen molar-refractivity contribution in [3.8, 4) is 0 Å². The molecule has 2 atom stereocenters. The number of rotatable bonds is 8. The lowest BCUT2D eigenvalue weighted by molar-refractivity contribution is 0.0521. The third-order valence-electron chi connectivity index (χ3n) is 2.98. The van der Waals surface area contributed by atoms with E-state index < -0.39 is 5.60 Å². The number of alkyl carbamates (subject to hydrolysis) is 1. The molecule has 0 aromatic rings. The van der Waals surface area contributed by atoms with Crippen molar-refractivity contribution >= 4 is 6.09 Å². The van der Waals surface area contributed by atoms with Gasteiger partial charge in [-0.25, -0.2) is 4.79 Å². The van der Waals surface area contributed by atoms with E-state index in [0.29, 0.717) is 18.5 Å². The van der Waals surface area contributed by atoms with Crippen molar-refractivity contribution in [2.24, 2.45) is 5.92 Å². The summed E-state index contributed by atoms with van der Waals surface area (Å²) < 4.78 is 5.24. The van der Waals surface area contributed by atoms with Crippen LogP contribution in [0.1, 0.15) is 60.8 Å². The summed E-state index contributed by atoms with van der Waals surface area (Å²) in [4.78, 5) is 11.6. The molecule has 1 amide bonds. The first-order valence-electron chi connectivity index (χ1n) is 7.48. The number of carbonyl (C=O) groups is 1. The van der Waals surface area contributed by atoms with Crippen LogP contribution in [0.2, 0.25) is 0 Å². The van der Waals surface area contributed by atoms with Crippen LogP contribution in [0.25, 0.3) is 0 Å². The normalized spacial score (nSPS) is 14.8. The Labute approximate surface area is 118 Å². The SMILES string of the molecule is CCCC(CNC(=O)OC(C)(C)C)NCC(C)CC. The summed E-state index contributed by atoms with van der Waals surface area (Å²) in [5, 5.41) is 6.36. The lowest BCUT2D eigenvalue weighted by Gasteiger charge is -2.23. The third kappa shape index (κ3) is 10.8. The fraction of sp³-hybridized carbons (Fsp3) is 0.933. The van der Waals surface area contributed by atoms with E-state index in [0.717, 1.165) is 19.4 Å². The molecule has 2 unspecified atom stereocenters. The third-order valence-corrected chi connectivity index (χ3v) is 2.98. The second kappa shape index (κ2) is 9.18. The van der Waals surface area contributed by atoms with Gasteiger partial charge in [0.15, 0.2) is 0 Å². The van der Waals surface area contributed by atoms with Crippen molar-refractivity contribution < 1.29 is 9.53 Å². The highest BCUT2D eigenvalue weighted by Gasteiger charge is 2.17. The lowest BCUT2D eigenvalue weighted by Crippen LogP contribution is -2.43. The van der Waals surface area contributed by atoms with Crippen LogP contribution in [0.3, 0.4) is 0 Å². The summed E-state index contributed by atoms with van der Waals surface area (Å²) in [7, 11) is 0. The Morgan fingerprint density at radius 1 is 1.21 bits per heavy atom. The smallest absolute Gasteiger partial charge is 0.407 e. The maximum absolute atomic E-state index is 11.6. The molecule has 0 heterocycles. The van der Waals surface area contributed by atoms with Gasteiger partial charge < -0.3 is 15.4 Å². The molecule has 19 heavy (non-hydrogen) atoms. The van der Waals surface area contributed by atoms with Crippen molar-refractivity contribution in [2.45, 2.75) is 72.4 Å². The molecule has 0 aliphatic rings. The van der Waals surface area contributed by atoms with E-state index in [2.05, 4.69) is 31.4 Å². The minimum atomic E-state index is -0.436. The van der Waals surface area contributed by atoms with Gasteiger partial charge in [-0.05, 0) is 39.7 Å². The summed E-state index contributed by atoms with van der Waals surface area (Å²) in [6.45, 7) is 13.8. The van der Waals surface area contributed by atoms with Crippen LogP contribution >= 0.6 is 0 Å². The number of carbonyl (C=O) groups excluding carboxylic acids is 1. The van der Waals surface area contributed by atoms with Crippen LogP contribution in [0.15, 0.2) is 0 Å². The standard InChI is InChI=1S/C15H32N2O2/c1-7-9-13(16-10-12(3)8-2)11-17-14(18)19-15(4,5)6/h12-13,16H,7-11H2,1-6H3,(H,17,18). The number of amides is 1. The fourth-order valence-electron chi connectivity index (χ4n) is 1.66. The van der Waals surface area contributed by atoms with Crippen LogP contribution in [0, 0.1) is 5.92 Å². The van der Waals surface area contributed by atoms with Gasteiger partial charge in [-0.1, -0.05) is 33.6 Å². The van der Waals surface area contributed by atoms with Crippen molar-refractivity contribution in [1.82, 2.24) is 10.6 Å². The summed E-state index contributed by atoms with van der Waals surface area (Å²) >= 11 is 0. The molecule has 0 saturated carbocycles. The van der Waals surface area contributed by atoms with Crippen molar-refractivity contribution in [2.75, 3.05) is 13.1 Å². The predicted octanol–water partition coefficient (Wildman–Crippen LogP) is 3.32. The first-order valence-corrected chi connectivity index (χ1v) is 7.48. The van der Waals surface area contributed by atoms with Gasteiger partial charge in [-0.2, -0.15) is 0 Å². The maximum Gasteiger partial charge on any atom is 0.407 e. The Morgan fingerprint density at radius 2 is 1.84 bits per heavy atom. The molecule has 0 radical (unpaired) electrons. The van der Waals surface area contributed by atoms with Gasteiger partial charge in [-0.15, -0.1) is 0 Å². The highest BCUT2D eigenvalue weighted by atomic mass is 16.6. The van der Waals surface area contributed by atoms with E-state index >= 15 is 0 Å². The average molecular weight is 272 g/mol. The number of nitrogens with one attached hydrogen (secondary N) is 2. The summed E-state index contributed by atoms with van der Waals surface area (Å²) in [6, 6.07) is 0.325. The molecule has 114 valence electrons. The zero-order chi connectivity index (χ0) is 14.9. The molecule has 0 fully saturated rings. The van der Waals surface area contributed by atoms with Gasteiger partial charge in [-0.3, -0.25) is 0 Å². The van der Waals surface area contributed by atoms with Gasteiger partial charge in [0.1, 0.15) is 5.60 Å². The van der Waals surface area contributed by atoms with Gasteiger partial charge in [0.05, 0.1) is 0 Å². The lowest BCUT2D eigenvalue weighted by atomic mass is 10.1. The van der Waals surface area contributed by atoms with E-state index in [4.69, 9.17) is 4.74 Å². The number of hydrogen-bond donors (Lipinski definition) is 2. The Hall–Kier alpha value is -0.770. The zero-order valence-corrected chi connectivity index (χ0v) is 13.5. The van der Waals surface area contributed by atoms with E-state index in [9.17, 15) is 4.79 Å². The summed E-state index contributed by atoms with van der Waals surface area (Å²) in [5.74, 6) is 0.667. The number of ether oxygens (including phenoxy) is 1. The van der Waals surface area contributed by atoms with Gasteiger partial charge >= 0.3 is 6.09 Å². The minimum absolute atomic E-state index is 0.325. The first-order chi connectivity index (χ1) is 8.78. The van der Waals surface area contributed by atoms with E-state index in [1.807, 2.05) is 20.8 Å². The molecule has 0 rings (SSSR count). The van der Waals surface area contributed by atoms with Crippen molar-refractivity contribution in [3.63, 3.8) is 0 Å². The Kier molecular flexibility index (Phi) is 8.81. The first kappa shape index (κ1) is 18.2. The Morgan fingerprint density at radius 3 is 2.32 bits per heavy atom. The molecule has 2 N–H and O–H groups in total. The molecular weight excluding hydrogens is 240 g/mol. The van der Waals surface area contributed by atoms with Crippen LogP contribution in [-0.2, 0) is 4.74 Å². The molecule has 0 aromatic heterocycles. The van der Waals surface area contributed by atoms with Crippen LogP contribution in [-0.4, -0.2) is 30.8 Å². The molecule has 0 aliphatic carbocycles. The maximum atomic E-state index is 11.6. The van der Waals surface area contributed by atoms with E-state index in [1.165, 1.54) is 6.42 Å². The predicted molar refractivity (Wildman–Crippen MR) is 80.4 cm³/mol. The van der Waals surface area contributed by atoms with Gasteiger partial charge in [0.25, 0.3) is 0 Å². The topological polar surface area (TPSA) is 50.4 Å². The second-order valence-corrected chi connectivity index (χ2v) is 6.29. The van der Waals surface area contributed by atoms with E-state index in [1.54, 1.807) is 0 Å². The highest BCUT2D eigenvalue weighted by Crippen LogP contribution is 2.07. The Balaban J connectivity index is 4.03. The molecule has 0 spiro atoms. The molecule has 0 saturated heterocycles. The summed E-state index contributed by atoms with van der Waals surface area (Å²) in [5.41, 5.74) is -0.436. The zero-order valence-electron chi connectivity index (χ0n) is 13.5. The minimum Gasteiger partial charge on any atom is -0.444 e. The van der Waals surface area contributed by atoms with Crippen LogP contribution < -0.4 is 10.6 Å². The average Bonchev–Trinajstić information content (AvgIpc) is 2.30. The van der Waals surface area contributed by atoms with E-state index in [-0.39, 0.29) is 6.09 Å². The Bertz CT molecular complexity index is 249. The van der Waals surface area contributed by atoms with Gasteiger partial charge in [0, 0.05) is 12.6 Å². The van der Waals surface area contributed by atoms with Gasteiger partial charge in [0.2, 0.25) is 0 Å². The number of hydrogen-bond acceptors (Lipinski definition) is 3.